The average molecular weight is 326 g/mol. The third kappa shape index (κ3) is 5.41. The molecule has 0 heterocycles. The fourth-order valence-electron chi connectivity index (χ4n) is 1.96. The van der Waals surface area contributed by atoms with Gasteiger partial charge in [-0.25, -0.2) is 4.79 Å². The molecule has 0 saturated heterocycles. The number of carbonyl (C=O) groups excluding carboxylic acids is 1. The van der Waals surface area contributed by atoms with Crippen molar-refractivity contribution >= 4 is 23.5 Å². The van der Waals surface area contributed by atoms with E-state index in [0.717, 1.165) is 0 Å². The first-order valence-corrected chi connectivity index (χ1v) is 7.40. The van der Waals surface area contributed by atoms with Crippen LogP contribution in [-0.2, 0) is 16.0 Å². The molecule has 6 heteroatoms. The molecule has 5 nitrogen and oxygen atoms in total. The maximum Gasteiger partial charge on any atom is 0.326 e. The van der Waals surface area contributed by atoms with Crippen LogP contribution in [0.15, 0.2) is 30.9 Å². The zero-order chi connectivity index (χ0) is 16.5. The minimum atomic E-state index is -1.06. The Hall–Kier alpha value is -2.01. The SMILES string of the molecule is C=CCCC(NC(=O)Cc1cccc(Cl)c1OCC)C(=O)O. The van der Waals surface area contributed by atoms with Crippen molar-refractivity contribution in [3.8, 4) is 5.75 Å². The number of para-hydroxylation sites is 1. The lowest BCUT2D eigenvalue weighted by atomic mass is 10.1. The van der Waals surface area contributed by atoms with Crippen molar-refractivity contribution in [2.45, 2.75) is 32.2 Å². The van der Waals surface area contributed by atoms with Crippen LogP contribution in [0.1, 0.15) is 25.3 Å². The maximum absolute atomic E-state index is 12.1. The summed E-state index contributed by atoms with van der Waals surface area (Å²) < 4.78 is 5.44. The molecular formula is C16H20ClNO4. The van der Waals surface area contributed by atoms with Crippen LogP contribution in [0.4, 0.5) is 0 Å². The number of benzene rings is 1. The quantitative estimate of drug-likeness (QED) is 0.685. The van der Waals surface area contributed by atoms with Crippen molar-refractivity contribution in [3.05, 3.63) is 41.4 Å². The van der Waals surface area contributed by atoms with E-state index in [1.807, 2.05) is 6.92 Å². The van der Waals surface area contributed by atoms with E-state index in [-0.39, 0.29) is 12.3 Å². The second kappa shape index (κ2) is 9.10. The van der Waals surface area contributed by atoms with Gasteiger partial charge in [-0.05, 0) is 25.8 Å². The molecule has 22 heavy (non-hydrogen) atoms. The Morgan fingerprint density at radius 1 is 1.50 bits per heavy atom. The first-order chi connectivity index (χ1) is 10.5. The lowest BCUT2D eigenvalue weighted by Crippen LogP contribution is -2.41. The molecule has 1 aromatic carbocycles. The fraction of sp³-hybridized carbons (Fsp3) is 0.375. The number of hydrogen-bond acceptors (Lipinski definition) is 3. The van der Waals surface area contributed by atoms with E-state index in [2.05, 4.69) is 11.9 Å². The van der Waals surface area contributed by atoms with E-state index in [0.29, 0.717) is 35.8 Å². The van der Waals surface area contributed by atoms with Crippen LogP contribution in [0.25, 0.3) is 0 Å². The Labute approximate surface area is 134 Å². The van der Waals surface area contributed by atoms with Crippen LogP contribution < -0.4 is 10.1 Å². The third-order valence-electron chi connectivity index (χ3n) is 2.98. The second-order valence-electron chi connectivity index (χ2n) is 4.66. The van der Waals surface area contributed by atoms with E-state index in [1.165, 1.54) is 0 Å². The summed E-state index contributed by atoms with van der Waals surface area (Å²) in [6.45, 7) is 5.79. The summed E-state index contributed by atoms with van der Waals surface area (Å²) >= 11 is 6.05. The van der Waals surface area contributed by atoms with Gasteiger partial charge in [0.2, 0.25) is 5.91 Å². The molecule has 0 radical (unpaired) electrons. The number of carboxylic acid groups (broad SMARTS) is 1. The molecule has 1 amide bonds. The highest BCUT2D eigenvalue weighted by atomic mass is 35.5. The summed E-state index contributed by atoms with van der Waals surface area (Å²) in [7, 11) is 0. The van der Waals surface area contributed by atoms with E-state index in [9.17, 15) is 9.59 Å². The maximum atomic E-state index is 12.1. The largest absolute Gasteiger partial charge is 0.492 e. The van der Waals surface area contributed by atoms with Gasteiger partial charge in [-0.2, -0.15) is 0 Å². The highest BCUT2D eigenvalue weighted by Crippen LogP contribution is 2.29. The van der Waals surface area contributed by atoms with E-state index in [4.69, 9.17) is 21.4 Å². The molecular weight excluding hydrogens is 306 g/mol. The van der Waals surface area contributed by atoms with Crippen molar-refractivity contribution in [3.63, 3.8) is 0 Å². The smallest absolute Gasteiger partial charge is 0.326 e. The number of nitrogens with one attached hydrogen (secondary N) is 1. The van der Waals surface area contributed by atoms with Gasteiger partial charge in [-0.3, -0.25) is 4.79 Å². The molecule has 0 fully saturated rings. The van der Waals surface area contributed by atoms with Gasteiger partial charge in [0, 0.05) is 5.56 Å². The van der Waals surface area contributed by atoms with Crippen molar-refractivity contribution in [2.75, 3.05) is 6.61 Å². The second-order valence-corrected chi connectivity index (χ2v) is 5.07. The number of rotatable bonds is 9. The highest BCUT2D eigenvalue weighted by molar-refractivity contribution is 6.32. The number of allylic oxidation sites excluding steroid dienone is 1. The van der Waals surface area contributed by atoms with Gasteiger partial charge < -0.3 is 15.2 Å². The monoisotopic (exact) mass is 325 g/mol. The molecule has 2 N–H and O–H groups in total. The first kappa shape index (κ1) is 18.0. The molecule has 0 aliphatic rings. The number of carbonyl (C=O) groups is 2. The van der Waals surface area contributed by atoms with E-state index >= 15 is 0 Å². The normalized spacial score (nSPS) is 11.5. The van der Waals surface area contributed by atoms with Gasteiger partial charge in [0.25, 0.3) is 0 Å². The number of carboxylic acids is 1. The minimum Gasteiger partial charge on any atom is -0.492 e. The Morgan fingerprint density at radius 2 is 2.23 bits per heavy atom. The topological polar surface area (TPSA) is 75.6 Å². The third-order valence-corrected chi connectivity index (χ3v) is 3.28. The molecule has 1 unspecified atom stereocenters. The zero-order valence-electron chi connectivity index (χ0n) is 12.5. The lowest BCUT2D eigenvalue weighted by molar-refractivity contribution is -0.141. The molecule has 0 aromatic heterocycles. The van der Waals surface area contributed by atoms with Crippen molar-refractivity contribution < 1.29 is 19.4 Å². The predicted molar refractivity (Wildman–Crippen MR) is 85.3 cm³/mol. The first-order valence-electron chi connectivity index (χ1n) is 7.02. The average Bonchev–Trinajstić information content (AvgIpc) is 2.46. The van der Waals surface area contributed by atoms with Gasteiger partial charge in [0.15, 0.2) is 0 Å². The van der Waals surface area contributed by atoms with Crippen molar-refractivity contribution in [1.82, 2.24) is 5.32 Å². The number of ether oxygens (including phenoxy) is 1. The van der Waals surface area contributed by atoms with Crippen LogP contribution in [0, 0.1) is 0 Å². The van der Waals surface area contributed by atoms with Crippen molar-refractivity contribution in [2.24, 2.45) is 0 Å². The fourth-order valence-corrected chi connectivity index (χ4v) is 2.21. The summed E-state index contributed by atoms with van der Waals surface area (Å²) in [5.41, 5.74) is 0.625. The molecule has 120 valence electrons. The van der Waals surface area contributed by atoms with Gasteiger partial charge in [0.1, 0.15) is 11.8 Å². The Kier molecular flexibility index (Phi) is 7.46. The highest BCUT2D eigenvalue weighted by Gasteiger charge is 2.20. The van der Waals surface area contributed by atoms with Crippen LogP contribution in [0.5, 0.6) is 5.75 Å². The molecule has 0 aliphatic carbocycles. The number of halogens is 1. The van der Waals surface area contributed by atoms with Crippen LogP contribution in [0.2, 0.25) is 5.02 Å². The number of amides is 1. The Morgan fingerprint density at radius 3 is 2.82 bits per heavy atom. The summed E-state index contributed by atoms with van der Waals surface area (Å²) in [5, 5.41) is 12.0. The molecule has 1 rings (SSSR count). The zero-order valence-corrected chi connectivity index (χ0v) is 13.2. The van der Waals surface area contributed by atoms with Crippen molar-refractivity contribution in [1.29, 1.82) is 0 Å². The molecule has 1 aromatic rings. The van der Waals surface area contributed by atoms with E-state index in [1.54, 1.807) is 24.3 Å². The van der Waals surface area contributed by atoms with Gasteiger partial charge >= 0.3 is 5.97 Å². The van der Waals surface area contributed by atoms with Gasteiger partial charge in [-0.15, -0.1) is 6.58 Å². The molecule has 0 bridgehead atoms. The Balaban J connectivity index is 2.77. The van der Waals surface area contributed by atoms with Crippen LogP contribution >= 0.6 is 11.6 Å². The molecule has 0 spiro atoms. The van der Waals surface area contributed by atoms with Gasteiger partial charge in [-0.1, -0.05) is 29.8 Å². The minimum absolute atomic E-state index is 0.00770. The summed E-state index contributed by atoms with van der Waals surface area (Å²) in [6, 6.07) is 4.20. The van der Waals surface area contributed by atoms with Crippen LogP contribution in [-0.4, -0.2) is 29.6 Å². The predicted octanol–water partition coefficient (Wildman–Crippen LogP) is 2.82. The summed E-state index contributed by atoms with van der Waals surface area (Å²) in [5.74, 6) is -0.995. The molecule has 1 atom stereocenters. The van der Waals surface area contributed by atoms with E-state index < -0.39 is 12.0 Å². The summed E-state index contributed by atoms with van der Waals surface area (Å²) in [4.78, 5) is 23.2. The van der Waals surface area contributed by atoms with Crippen LogP contribution in [0.3, 0.4) is 0 Å². The standard InChI is InChI=1S/C16H20ClNO4/c1-3-5-9-13(16(20)21)18-14(19)10-11-7-6-8-12(17)15(11)22-4-2/h3,6-8,13H,1,4-5,9-10H2,2H3,(H,18,19)(H,20,21). The molecule has 0 saturated carbocycles. The number of aliphatic carboxylic acids is 1. The molecule has 0 aliphatic heterocycles. The summed E-state index contributed by atoms with van der Waals surface area (Å²) in [6.07, 6.45) is 2.44. The number of hydrogen-bond donors (Lipinski definition) is 2. The lowest BCUT2D eigenvalue weighted by Gasteiger charge is -2.15. The van der Waals surface area contributed by atoms with Gasteiger partial charge in [0.05, 0.1) is 18.1 Å². The Bertz CT molecular complexity index is 545.